The van der Waals surface area contributed by atoms with E-state index in [1.165, 1.54) is 5.56 Å². The van der Waals surface area contributed by atoms with Crippen molar-refractivity contribution in [1.29, 1.82) is 0 Å². The highest BCUT2D eigenvalue weighted by Crippen LogP contribution is 2.17. The molecule has 2 rings (SSSR count). The van der Waals surface area contributed by atoms with Gasteiger partial charge >= 0.3 is 0 Å². The Balaban J connectivity index is 0.00000392. The zero-order valence-corrected chi connectivity index (χ0v) is 16.9. The zero-order chi connectivity index (χ0) is 19.8. The fourth-order valence-corrected chi connectivity index (χ4v) is 2.38. The van der Waals surface area contributed by atoms with E-state index in [9.17, 15) is 4.79 Å². The number of methoxy groups -OCH3 is 1. The first-order valence-electron chi connectivity index (χ1n) is 8.23. The van der Waals surface area contributed by atoms with Crippen molar-refractivity contribution >= 4 is 47.5 Å². The van der Waals surface area contributed by atoms with Gasteiger partial charge < -0.3 is 21.9 Å². The van der Waals surface area contributed by atoms with Crippen LogP contribution >= 0.6 is 24.0 Å². The number of aliphatic imine (C=N–C) groups is 1. The monoisotopic (exact) mass is 427 g/mol. The number of benzene rings is 1. The molecule has 0 spiro atoms. The van der Waals surface area contributed by atoms with E-state index >= 15 is 0 Å². The molecular weight excluding hydrogens is 405 g/mol. The molecule has 0 unspecified atom stereocenters. The SMILES string of the molecule is COc1ccc(CCCCN=C(N)NC(=O)c2nc(Cl)c(N)nc2N)cc1.Cl. The van der Waals surface area contributed by atoms with E-state index < -0.39 is 5.91 Å². The predicted molar refractivity (Wildman–Crippen MR) is 113 cm³/mol. The molecule has 7 N–H and O–H groups in total. The second-order valence-electron chi connectivity index (χ2n) is 5.66. The van der Waals surface area contributed by atoms with Gasteiger partial charge in [-0.2, -0.15) is 0 Å². The minimum atomic E-state index is -0.651. The highest BCUT2D eigenvalue weighted by Gasteiger charge is 2.16. The first-order chi connectivity index (χ1) is 12.9. The van der Waals surface area contributed by atoms with E-state index in [2.05, 4.69) is 20.3 Å². The Morgan fingerprint density at radius 2 is 1.86 bits per heavy atom. The lowest BCUT2D eigenvalue weighted by Crippen LogP contribution is -2.38. The van der Waals surface area contributed by atoms with Gasteiger partial charge in [0.05, 0.1) is 7.11 Å². The van der Waals surface area contributed by atoms with Gasteiger partial charge in [0, 0.05) is 6.54 Å². The van der Waals surface area contributed by atoms with Gasteiger partial charge in [-0.1, -0.05) is 23.7 Å². The highest BCUT2D eigenvalue weighted by molar-refractivity contribution is 6.31. The van der Waals surface area contributed by atoms with Crippen molar-refractivity contribution in [1.82, 2.24) is 15.3 Å². The number of halogens is 2. The minimum Gasteiger partial charge on any atom is -0.497 e. The summed E-state index contributed by atoms with van der Waals surface area (Å²) in [6.07, 6.45) is 2.67. The van der Waals surface area contributed by atoms with Gasteiger partial charge in [-0.3, -0.25) is 15.1 Å². The fraction of sp³-hybridized carbons (Fsp3) is 0.294. The molecule has 1 amide bonds. The van der Waals surface area contributed by atoms with Crippen molar-refractivity contribution in [2.24, 2.45) is 10.7 Å². The van der Waals surface area contributed by atoms with Crippen LogP contribution in [0.4, 0.5) is 11.6 Å². The summed E-state index contributed by atoms with van der Waals surface area (Å²) >= 11 is 5.75. The zero-order valence-electron chi connectivity index (χ0n) is 15.3. The first kappa shape index (κ1) is 23.3. The molecule has 9 nitrogen and oxygen atoms in total. The van der Waals surface area contributed by atoms with E-state index in [1.54, 1.807) is 7.11 Å². The third-order valence-electron chi connectivity index (χ3n) is 3.68. The normalized spacial score (nSPS) is 10.9. The Labute approximate surface area is 174 Å². The number of guanidine groups is 1. The number of unbranched alkanes of at least 4 members (excludes halogenated alkanes) is 1. The molecule has 1 heterocycles. The molecule has 0 fully saturated rings. The molecule has 0 saturated carbocycles. The number of carbonyl (C=O) groups is 1. The summed E-state index contributed by atoms with van der Waals surface area (Å²) in [5.74, 6) is -0.0366. The molecule has 0 bridgehead atoms. The number of aromatic nitrogens is 2. The number of hydrogen-bond acceptors (Lipinski definition) is 7. The fourth-order valence-electron chi connectivity index (χ4n) is 2.26. The summed E-state index contributed by atoms with van der Waals surface area (Å²) < 4.78 is 5.13. The van der Waals surface area contributed by atoms with Crippen molar-refractivity contribution in [3.63, 3.8) is 0 Å². The molecule has 0 atom stereocenters. The molecule has 2 aromatic rings. The molecule has 0 aliphatic rings. The molecule has 0 radical (unpaired) electrons. The Morgan fingerprint density at radius 3 is 2.50 bits per heavy atom. The molecule has 0 saturated heterocycles. The van der Waals surface area contributed by atoms with Gasteiger partial charge in [-0.15, -0.1) is 12.4 Å². The Morgan fingerprint density at radius 1 is 1.18 bits per heavy atom. The minimum absolute atomic E-state index is 0. The quantitative estimate of drug-likeness (QED) is 0.298. The lowest BCUT2D eigenvalue weighted by atomic mass is 10.1. The van der Waals surface area contributed by atoms with Crippen LogP contribution in [0.25, 0.3) is 0 Å². The van der Waals surface area contributed by atoms with E-state index in [1.807, 2.05) is 24.3 Å². The molecule has 0 aliphatic carbocycles. The van der Waals surface area contributed by atoms with Gasteiger partial charge in [0.25, 0.3) is 5.91 Å². The van der Waals surface area contributed by atoms with Crippen LogP contribution in [0, 0.1) is 0 Å². The van der Waals surface area contributed by atoms with Crippen LogP contribution in [0.2, 0.25) is 5.15 Å². The van der Waals surface area contributed by atoms with Gasteiger partial charge in [0.15, 0.2) is 28.4 Å². The number of anilines is 2. The van der Waals surface area contributed by atoms with Crippen LogP contribution in [-0.4, -0.2) is 35.5 Å². The van der Waals surface area contributed by atoms with Gasteiger partial charge in [-0.25, -0.2) is 9.97 Å². The highest BCUT2D eigenvalue weighted by atomic mass is 35.5. The lowest BCUT2D eigenvalue weighted by Gasteiger charge is -2.07. The number of rotatable bonds is 7. The smallest absolute Gasteiger partial charge is 0.280 e. The van der Waals surface area contributed by atoms with Crippen LogP contribution in [-0.2, 0) is 6.42 Å². The largest absolute Gasteiger partial charge is 0.497 e. The molecular formula is C17H23Cl2N7O2. The standard InChI is InChI=1S/C17H22ClN7O2.ClH/c1-27-11-7-5-10(6-8-11)4-2-3-9-22-17(21)25-16(26)12-14(19)24-15(20)13(18)23-12;/h5-8H,2-4,9H2,1H3,(H4,19,20,24)(H3,21,22,25,26);1H. The summed E-state index contributed by atoms with van der Waals surface area (Å²) in [5, 5.41) is 2.29. The Bertz CT molecular complexity index is 829. The summed E-state index contributed by atoms with van der Waals surface area (Å²) in [6, 6.07) is 7.91. The van der Waals surface area contributed by atoms with E-state index in [0.29, 0.717) is 6.54 Å². The summed E-state index contributed by atoms with van der Waals surface area (Å²) in [4.78, 5) is 23.8. The lowest BCUT2D eigenvalue weighted by molar-refractivity contribution is 0.0972. The number of carbonyl (C=O) groups excluding carboxylic acids is 1. The number of nitrogens with two attached hydrogens (primary N) is 3. The maximum Gasteiger partial charge on any atom is 0.280 e. The van der Waals surface area contributed by atoms with Crippen molar-refractivity contribution in [2.45, 2.75) is 19.3 Å². The maximum atomic E-state index is 12.1. The molecule has 1 aromatic heterocycles. The van der Waals surface area contributed by atoms with Crippen LogP contribution in [0.1, 0.15) is 28.9 Å². The number of nitrogens with one attached hydrogen (secondary N) is 1. The van der Waals surface area contributed by atoms with E-state index in [-0.39, 0.29) is 40.8 Å². The van der Waals surface area contributed by atoms with Crippen molar-refractivity contribution < 1.29 is 9.53 Å². The number of ether oxygens (including phenoxy) is 1. The molecule has 11 heteroatoms. The van der Waals surface area contributed by atoms with Crippen LogP contribution in [0.5, 0.6) is 5.75 Å². The van der Waals surface area contributed by atoms with Crippen molar-refractivity contribution in [3.05, 3.63) is 40.7 Å². The molecule has 28 heavy (non-hydrogen) atoms. The van der Waals surface area contributed by atoms with Gasteiger partial charge in [0.2, 0.25) is 0 Å². The number of nitrogens with zero attached hydrogens (tertiary/aromatic N) is 3. The first-order valence-corrected chi connectivity index (χ1v) is 8.61. The Kier molecular flexibility index (Phi) is 9.26. The van der Waals surface area contributed by atoms with Crippen LogP contribution in [0.3, 0.4) is 0 Å². The van der Waals surface area contributed by atoms with Gasteiger partial charge in [0.1, 0.15) is 5.75 Å². The topological polar surface area (TPSA) is 155 Å². The molecule has 152 valence electrons. The van der Waals surface area contributed by atoms with E-state index in [4.69, 9.17) is 33.5 Å². The third kappa shape index (κ3) is 6.75. The van der Waals surface area contributed by atoms with Crippen molar-refractivity contribution in [2.75, 3.05) is 25.1 Å². The second kappa shape index (κ2) is 11.2. The summed E-state index contributed by atoms with van der Waals surface area (Å²) in [7, 11) is 1.64. The van der Waals surface area contributed by atoms with Gasteiger partial charge in [-0.05, 0) is 37.0 Å². The Hall–Kier alpha value is -2.78. The average molecular weight is 428 g/mol. The number of hydrogen-bond donors (Lipinski definition) is 4. The van der Waals surface area contributed by atoms with Crippen LogP contribution in [0.15, 0.2) is 29.3 Å². The molecule has 1 aromatic carbocycles. The van der Waals surface area contributed by atoms with Crippen molar-refractivity contribution in [3.8, 4) is 5.75 Å². The third-order valence-corrected chi connectivity index (χ3v) is 3.95. The number of amides is 1. The summed E-state index contributed by atoms with van der Waals surface area (Å²) in [6.45, 7) is 0.478. The predicted octanol–water partition coefficient (Wildman–Crippen LogP) is 1.79. The van der Waals surface area contributed by atoms with E-state index in [0.717, 1.165) is 25.0 Å². The number of aryl methyl sites for hydroxylation is 1. The maximum absolute atomic E-state index is 12.1. The molecule has 0 aliphatic heterocycles. The van der Waals surface area contributed by atoms with Crippen LogP contribution < -0.4 is 27.3 Å². The summed E-state index contributed by atoms with van der Waals surface area (Å²) in [5.41, 5.74) is 17.9. The second-order valence-corrected chi connectivity index (χ2v) is 6.02. The number of nitrogen functional groups attached to an aromatic ring is 2. The average Bonchev–Trinajstić information content (AvgIpc) is 2.64.